The van der Waals surface area contributed by atoms with Crippen molar-refractivity contribution in [2.45, 2.75) is 31.8 Å². The van der Waals surface area contributed by atoms with E-state index in [2.05, 4.69) is 11.6 Å². The summed E-state index contributed by atoms with van der Waals surface area (Å²) in [6.45, 7) is 1.14. The highest BCUT2D eigenvalue weighted by Gasteiger charge is 2.10. The van der Waals surface area contributed by atoms with Crippen LogP contribution < -0.4 is 11.1 Å². The molecular weight excluding hydrogens is 224 g/mol. The Morgan fingerprint density at radius 2 is 2.19 bits per heavy atom. The van der Waals surface area contributed by atoms with E-state index in [4.69, 9.17) is 10.5 Å². The van der Waals surface area contributed by atoms with Crippen LogP contribution in [0.1, 0.15) is 25.7 Å². The zero-order valence-electron chi connectivity index (χ0n) is 10.3. The molecule has 0 spiro atoms. The molecule has 16 heavy (non-hydrogen) atoms. The molecular formula is C11H24N2O2S. The van der Waals surface area contributed by atoms with E-state index < -0.39 is 0 Å². The maximum Gasteiger partial charge on any atom is 0.222 e. The number of methoxy groups -OCH3 is 1. The highest BCUT2D eigenvalue weighted by Crippen LogP contribution is 2.01. The van der Waals surface area contributed by atoms with E-state index in [0.29, 0.717) is 13.0 Å². The smallest absolute Gasteiger partial charge is 0.222 e. The van der Waals surface area contributed by atoms with Gasteiger partial charge in [-0.1, -0.05) is 6.42 Å². The zero-order chi connectivity index (χ0) is 12.2. The van der Waals surface area contributed by atoms with Gasteiger partial charge in [-0.3, -0.25) is 4.79 Å². The molecule has 0 aromatic carbocycles. The number of ether oxygens (including phenoxy) is 1. The number of carbonyl (C=O) groups is 1. The molecule has 0 aromatic rings. The van der Waals surface area contributed by atoms with Crippen LogP contribution in [0.3, 0.4) is 0 Å². The Labute approximate surface area is 103 Å². The number of unbranched alkanes of at least 4 members (excludes halogenated alkanes) is 2. The van der Waals surface area contributed by atoms with Crippen molar-refractivity contribution >= 4 is 17.7 Å². The third-order valence-corrected chi connectivity index (χ3v) is 3.05. The van der Waals surface area contributed by atoms with Gasteiger partial charge in [0.2, 0.25) is 5.91 Å². The topological polar surface area (TPSA) is 64.3 Å². The first kappa shape index (κ1) is 15.7. The number of amides is 1. The molecule has 3 N–H and O–H groups in total. The molecule has 0 aliphatic heterocycles. The van der Waals surface area contributed by atoms with E-state index in [1.54, 1.807) is 7.11 Å². The second-order valence-corrected chi connectivity index (χ2v) is 4.69. The van der Waals surface area contributed by atoms with Gasteiger partial charge in [0, 0.05) is 20.2 Å². The van der Waals surface area contributed by atoms with E-state index in [0.717, 1.165) is 13.0 Å². The quantitative estimate of drug-likeness (QED) is 0.566. The van der Waals surface area contributed by atoms with Gasteiger partial charge in [0.15, 0.2) is 0 Å². The lowest BCUT2D eigenvalue weighted by atomic mass is 10.2. The summed E-state index contributed by atoms with van der Waals surface area (Å²) in [7, 11) is 1.58. The summed E-state index contributed by atoms with van der Waals surface area (Å²) in [5, 5.41) is 2.88. The van der Waals surface area contributed by atoms with Crippen LogP contribution >= 0.6 is 11.8 Å². The van der Waals surface area contributed by atoms with Crippen molar-refractivity contribution in [1.29, 1.82) is 0 Å². The number of nitrogens with one attached hydrogen (secondary N) is 1. The fraction of sp³-hybridized carbons (Fsp3) is 0.909. The Morgan fingerprint density at radius 3 is 2.75 bits per heavy atom. The van der Waals surface area contributed by atoms with Gasteiger partial charge in [0.25, 0.3) is 0 Å². The summed E-state index contributed by atoms with van der Waals surface area (Å²) in [5.74, 6) is 1.23. The third-order valence-electron chi connectivity index (χ3n) is 2.36. The van der Waals surface area contributed by atoms with Gasteiger partial charge in [0.05, 0.1) is 12.5 Å². The number of hydrogen-bond donors (Lipinski definition) is 2. The predicted molar refractivity (Wildman–Crippen MR) is 69.7 cm³/mol. The number of hydrogen-bond acceptors (Lipinski definition) is 4. The molecule has 0 fully saturated rings. The van der Waals surface area contributed by atoms with Crippen molar-refractivity contribution in [1.82, 2.24) is 5.32 Å². The molecule has 0 heterocycles. The molecule has 1 amide bonds. The molecule has 0 aliphatic carbocycles. The number of thioether (sulfide) groups is 1. The zero-order valence-corrected chi connectivity index (χ0v) is 11.1. The van der Waals surface area contributed by atoms with E-state index in [1.807, 2.05) is 11.8 Å². The van der Waals surface area contributed by atoms with Crippen LogP contribution in [0.4, 0.5) is 0 Å². The standard InChI is InChI=1S/C11H24N2O2S/c1-15-10(9-12)8-11(14)13-6-4-3-5-7-16-2/h10H,3-9,12H2,1-2H3,(H,13,14). The SMILES string of the molecule is COC(CN)CC(=O)NCCCCCSC. The van der Waals surface area contributed by atoms with Crippen LogP contribution in [0.15, 0.2) is 0 Å². The van der Waals surface area contributed by atoms with Crippen molar-refractivity contribution in [2.75, 3.05) is 32.2 Å². The molecule has 1 unspecified atom stereocenters. The van der Waals surface area contributed by atoms with Crippen molar-refractivity contribution in [3.63, 3.8) is 0 Å². The van der Waals surface area contributed by atoms with Gasteiger partial charge in [-0.15, -0.1) is 0 Å². The molecule has 1 atom stereocenters. The van der Waals surface area contributed by atoms with Crippen LogP contribution in [0.5, 0.6) is 0 Å². The van der Waals surface area contributed by atoms with Crippen LogP contribution in [0.25, 0.3) is 0 Å². The van der Waals surface area contributed by atoms with Gasteiger partial charge < -0.3 is 15.8 Å². The summed E-state index contributed by atoms with van der Waals surface area (Å²) in [6.07, 6.45) is 5.76. The molecule has 5 heteroatoms. The summed E-state index contributed by atoms with van der Waals surface area (Å²) >= 11 is 1.86. The van der Waals surface area contributed by atoms with Gasteiger partial charge >= 0.3 is 0 Å². The molecule has 0 saturated heterocycles. The second kappa shape index (κ2) is 11.2. The summed E-state index contributed by atoms with van der Waals surface area (Å²) in [5.41, 5.74) is 5.43. The maximum absolute atomic E-state index is 11.4. The van der Waals surface area contributed by atoms with E-state index in [9.17, 15) is 4.79 Å². The second-order valence-electron chi connectivity index (χ2n) is 3.70. The van der Waals surface area contributed by atoms with Gasteiger partial charge in [-0.05, 0) is 24.9 Å². The minimum absolute atomic E-state index is 0.0298. The normalized spacial score (nSPS) is 12.4. The molecule has 96 valence electrons. The summed E-state index contributed by atoms with van der Waals surface area (Å²) in [4.78, 5) is 11.4. The van der Waals surface area contributed by atoms with E-state index >= 15 is 0 Å². The highest BCUT2D eigenvalue weighted by molar-refractivity contribution is 7.98. The fourth-order valence-corrected chi connectivity index (χ4v) is 1.81. The van der Waals surface area contributed by atoms with Gasteiger partial charge in [-0.25, -0.2) is 0 Å². The largest absolute Gasteiger partial charge is 0.380 e. The molecule has 0 aromatic heterocycles. The Morgan fingerprint density at radius 1 is 1.44 bits per heavy atom. The monoisotopic (exact) mass is 248 g/mol. The number of rotatable bonds is 10. The number of carbonyl (C=O) groups excluding carboxylic acids is 1. The van der Waals surface area contributed by atoms with Gasteiger partial charge in [0.1, 0.15) is 0 Å². The van der Waals surface area contributed by atoms with Crippen LogP contribution in [0.2, 0.25) is 0 Å². The number of nitrogens with two attached hydrogens (primary N) is 1. The lowest BCUT2D eigenvalue weighted by Gasteiger charge is -2.12. The Bertz CT molecular complexity index is 175. The minimum atomic E-state index is -0.156. The minimum Gasteiger partial charge on any atom is -0.380 e. The van der Waals surface area contributed by atoms with E-state index in [1.165, 1.54) is 18.6 Å². The van der Waals surface area contributed by atoms with Crippen LogP contribution in [0, 0.1) is 0 Å². The van der Waals surface area contributed by atoms with Crippen LogP contribution in [-0.2, 0) is 9.53 Å². The molecule has 0 radical (unpaired) electrons. The van der Waals surface area contributed by atoms with Crippen molar-refractivity contribution < 1.29 is 9.53 Å². The van der Waals surface area contributed by atoms with Gasteiger partial charge in [-0.2, -0.15) is 11.8 Å². The van der Waals surface area contributed by atoms with Crippen molar-refractivity contribution in [3.05, 3.63) is 0 Å². The first-order valence-corrected chi connectivity index (χ1v) is 7.12. The third kappa shape index (κ3) is 9.00. The molecule has 0 bridgehead atoms. The molecule has 4 nitrogen and oxygen atoms in total. The van der Waals surface area contributed by atoms with E-state index in [-0.39, 0.29) is 12.0 Å². The average molecular weight is 248 g/mol. The van der Waals surface area contributed by atoms with Crippen molar-refractivity contribution in [3.8, 4) is 0 Å². The molecule has 0 rings (SSSR count). The fourth-order valence-electron chi connectivity index (χ4n) is 1.32. The Kier molecular flexibility index (Phi) is 11.0. The summed E-state index contributed by atoms with van der Waals surface area (Å²) in [6, 6.07) is 0. The average Bonchev–Trinajstić information content (AvgIpc) is 2.30. The van der Waals surface area contributed by atoms with Crippen molar-refractivity contribution in [2.24, 2.45) is 5.73 Å². The van der Waals surface area contributed by atoms with Crippen LogP contribution in [-0.4, -0.2) is 44.2 Å². The molecule has 0 aliphatic rings. The maximum atomic E-state index is 11.4. The first-order valence-electron chi connectivity index (χ1n) is 5.73. The molecule has 0 saturated carbocycles. The predicted octanol–water partition coefficient (Wildman–Crippen LogP) is 1.000. The lowest BCUT2D eigenvalue weighted by Crippen LogP contribution is -2.32. The highest BCUT2D eigenvalue weighted by atomic mass is 32.2. The first-order chi connectivity index (χ1) is 7.74. The Hall–Kier alpha value is -0.260. The summed E-state index contributed by atoms with van der Waals surface area (Å²) < 4.78 is 5.04. The Balaban J connectivity index is 3.36. The lowest BCUT2D eigenvalue weighted by molar-refractivity contribution is -0.123.